The van der Waals surface area contributed by atoms with E-state index in [1.165, 1.54) is 18.7 Å². The summed E-state index contributed by atoms with van der Waals surface area (Å²) in [4.78, 5) is 12.4. The summed E-state index contributed by atoms with van der Waals surface area (Å²) in [5.74, 6) is -0.601. The van der Waals surface area contributed by atoms with Crippen LogP contribution in [0, 0.1) is 5.82 Å². The van der Waals surface area contributed by atoms with Crippen molar-refractivity contribution in [2.24, 2.45) is 0 Å². The summed E-state index contributed by atoms with van der Waals surface area (Å²) >= 11 is 6.50. The molecule has 0 saturated carbocycles. The third-order valence-corrected chi connectivity index (χ3v) is 7.73. The number of methoxy groups -OCH3 is 2. The summed E-state index contributed by atoms with van der Waals surface area (Å²) < 4.78 is 41.9. The first-order valence-corrected chi connectivity index (χ1v) is 16.8. The Hall–Kier alpha value is -3.79. The molecule has 1 aliphatic rings. The Morgan fingerprint density at radius 3 is 2.06 bits per heavy atom. The van der Waals surface area contributed by atoms with E-state index in [1.54, 1.807) is 13.2 Å². The van der Waals surface area contributed by atoms with Crippen molar-refractivity contribution in [2.45, 2.75) is 71.6 Å². The van der Waals surface area contributed by atoms with Gasteiger partial charge in [0.15, 0.2) is 17.7 Å². The maximum Gasteiger partial charge on any atom is 0.335 e. The summed E-state index contributed by atoms with van der Waals surface area (Å²) in [5, 5.41) is 7.57. The molecular formula is C40H50ClFO7. The molecule has 0 bridgehead atoms. The number of esters is 1. The number of hydrogen-bond donors (Lipinski definition) is 1. The Bertz CT molecular complexity index is 1490. The first-order valence-electron chi connectivity index (χ1n) is 16.5. The lowest BCUT2D eigenvalue weighted by atomic mass is 9.93. The van der Waals surface area contributed by atoms with Crippen LogP contribution in [0.4, 0.5) is 4.39 Å². The molecule has 5 rings (SSSR count). The van der Waals surface area contributed by atoms with Crippen LogP contribution >= 0.6 is 11.6 Å². The number of ether oxygens (including phenoxy) is 5. The highest BCUT2D eigenvalue weighted by Crippen LogP contribution is 2.36. The largest absolute Gasteiger partial charge is 0.491 e. The van der Waals surface area contributed by atoms with Crippen molar-refractivity contribution in [3.63, 3.8) is 0 Å². The SMILES string of the molecule is CC.CCOc1ccc(Cc2cc([C@H]3CC(OCc4ccccc4)CC(C(=O)OC)O3)ccc2Cl)cc1F.CO.COCc1ccccc1. The van der Waals surface area contributed by atoms with Gasteiger partial charge in [0.25, 0.3) is 0 Å². The topological polar surface area (TPSA) is 83.5 Å². The van der Waals surface area contributed by atoms with Crippen molar-refractivity contribution in [2.75, 3.05) is 27.9 Å². The maximum absolute atomic E-state index is 14.4. The molecule has 266 valence electrons. The van der Waals surface area contributed by atoms with Crippen LogP contribution in [-0.2, 0) is 43.4 Å². The minimum absolute atomic E-state index is 0.188. The average molecular weight is 697 g/mol. The first-order chi connectivity index (χ1) is 23.9. The zero-order valence-electron chi connectivity index (χ0n) is 29.4. The smallest absolute Gasteiger partial charge is 0.335 e. The van der Waals surface area contributed by atoms with Crippen molar-refractivity contribution in [3.05, 3.63) is 136 Å². The molecule has 0 amide bonds. The van der Waals surface area contributed by atoms with Gasteiger partial charge in [-0.1, -0.05) is 104 Å². The molecule has 7 nitrogen and oxygen atoms in total. The number of aliphatic hydroxyl groups is 1. The molecule has 0 aromatic heterocycles. The van der Waals surface area contributed by atoms with Gasteiger partial charge >= 0.3 is 5.97 Å². The minimum Gasteiger partial charge on any atom is -0.491 e. The van der Waals surface area contributed by atoms with E-state index in [0.29, 0.717) is 44.1 Å². The molecule has 0 radical (unpaired) electrons. The number of halogens is 2. The van der Waals surface area contributed by atoms with Gasteiger partial charge in [-0.3, -0.25) is 0 Å². The van der Waals surface area contributed by atoms with Crippen LogP contribution in [0.2, 0.25) is 5.02 Å². The number of rotatable bonds is 11. The van der Waals surface area contributed by atoms with Crippen LogP contribution in [0.1, 0.15) is 67.5 Å². The Labute approximate surface area is 295 Å². The predicted octanol–water partition coefficient (Wildman–Crippen LogP) is 8.91. The third-order valence-electron chi connectivity index (χ3n) is 7.36. The Morgan fingerprint density at radius 2 is 1.49 bits per heavy atom. The number of aliphatic hydroxyl groups excluding tert-OH is 1. The quantitative estimate of drug-likeness (QED) is 0.157. The van der Waals surface area contributed by atoms with Crippen molar-refractivity contribution >= 4 is 17.6 Å². The Balaban J connectivity index is 0.000000545. The molecule has 1 N–H and O–H groups in total. The van der Waals surface area contributed by atoms with Gasteiger partial charge in [-0.05, 0) is 59.4 Å². The van der Waals surface area contributed by atoms with Gasteiger partial charge in [0.2, 0.25) is 0 Å². The number of carbonyl (C=O) groups excluding carboxylic acids is 1. The fourth-order valence-electron chi connectivity index (χ4n) is 5.12. The van der Waals surface area contributed by atoms with E-state index in [0.717, 1.165) is 29.4 Å². The molecule has 0 aliphatic carbocycles. The van der Waals surface area contributed by atoms with Gasteiger partial charge in [0.1, 0.15) is 0 Å². The number of benzene rings is 4. The number of hydrogen-bond acceptors (Lipinski definition) is 7. The highest BCUT2D eigenvalue weighted by Gasteiger charge is 2.36. The molecule has 4 aromatic carbocycles. The second-order valence-corrected chi connectivity index (χ2v) is 11.1. The monoisotopic (exact) mass is 696 g/mol. The van der Waals surface area contributed by atoms with E-state index in [-0.39, 0.29) is 18.0 Å². The number of carbonyl (C=O) groups is 1. The molecule has 1 fully saturated rings. The van der Waals surface area contributed by atoms with Crippen molar-refractivity contribution in [1.82, 2.24) is 0 Å². The average Bonchev–Trinajstić information content (AvgIpc) is 3.15. The van der Waals surface area contributed by atoms with Gasteiger partial charge in [-0.25, -0.2) is 9.18 Å². The van der Waals surface area contributed by atoms with Gasteiger partial charge in [0.05, 0.1) is 39.1 Å². The van der Waals surface area contributed by atoms with E-state index in [9.17, 15) is 9.18 Å². The van der Waals surface area contributed by atoms with Gasteiger partial charge in [-0.2, -0.15) is 0 Å². The highest BCUT2D eigenvalue weighted by molar-refractivity contribution is 6.31. The predicted molar refractivity (Wildman–Crippen MR) is 192 cm³/mol. The molecular weight excluding hydrogens is 647 g/mol. The Kier molecular flexibility index (Phi) is 19.9. The summed E-state index contributed by atoms with van der Waals surface area (Å²) in [6, 6.07) is 30.6. The molecule has 2 unspecified atom stereocenters. The third kappa shape index (κ3) is 13.9. The van der Waals surface area contributed by atoms with Gasteiger partial charge in [-0.15, -0.1) is 0 Å². The van der Waals surface area contributed by atoms with Crippen molar-refractivity contribution in [3.8, 4) is 5.75 Å². The maximum atomic E-state index is 14.4. The molecule has 1 heterocycles. The second-order valence-electron chi connectivity index (χ2n) is 10.7. The van der Waals surface area contributed by atoms with E-state index >= 15 is 0 Å². The summed E-state index contributed by atoms with van der Waals surface area (Å²) in [5.41, 5.74) is 4.77. The lowest BCUT2D eigenvalue weighted by Crippen LogP contribution is -2.38. The van der Waals surface area contributed by atoms with Gasteiger partial charge < -0.3 is 28.8 Å². The molecule has 4 aromatic rings. The van der Waals surface area contributed by atoms with Crippen molar-refractivity contribution in [1.29, 1.82) is 0 Å². The zero-order chi connectivity index (χ0) is 36.0. The minimum atomic E-state index is -0.728. The van der Waals surface area contributed by atoms with Crippen LogP contribution in [-0.4, -0.2) is 51.2 Å². The van der Waals surface area contributed by atoms with Gasteiger partial charge in [0, 0.05) is 32.1 Å². The summed E-state index contributed by atoms with van der Waals surface area (Å²) in [6.45, 7) is 7.37. The molecule has 1 saturated heterocycles. The van der Waals surface area contributed by atoms with Crippen molar-refractivity contribution < 1.29 is 38.0 Å². The fraction of sp³-hybridized carbons (Fsp3) is 0.375. The molecule has 49 heavy (non-hydrogen) atoms. The second kappa shape index (κ2) is 23.5. The molecule has 0 spiro atoms. The van der Waals surface area contributed by atoms with Crippen LogP contribution in [0.5, 0.6) is 5.75 Å². The Morgan fingerprint density at radius 1 is 0.857 bits per heavy atom. The van der Waals surface area contributed by atoms with E-state index in [2.05, 4.69) is 0 Å². The lowest BCUT2D eigenvalue weighted by Gasteiger charge is -2.34. The lowest BCUT2D eigenvalue weighted by molar-refractivity contribution is -0.174. The van der Waals surface area contributed by atoms with Crippen LogP contribution in [0.15, 0.2) is 97.1 Å². The molecule has 3 atom stereocenters. The first kappa shape index (κ1) is 41.4. The standard InChI is InChI=1S/C29H30ClFO5.C8H10O.C2H6.CH4O/c1-3-34-26-12-9-20(14-25(26)31)13-22-15-21(10-11-24(22)30)27-16-23(17-28(36-27)29(32)33-2)35-18-19-7-5-4-6-8-19;1-9-7-8-5-3-2-4-6-8;2*1-2/h4-12,14-15,23,27-28H,3,13,16-18H2,1-2H3;2-6H,7H2,1H3;1-2H3;2H,1H3/t23?,27-,28?;;;/m1.../s1. The van der Waals surface area contributed by atoms with Crippen LogP contribution in [0.3, 0.4) is 0 Å². The van der Waals surface area contributed by atoms with E-state index in [4.69, 9.17) is 40.4 Å². The summed E-state index contributed by atoms with van der Waals surface area (Å²) in [6.07, 6.45) is 0.149. The van der Waals surface area contributed by atoms with E-state index in [1.807, 2.05) is 106 Å². The summed E-state index contributed by atoms with van der Waals surface area (Å²) in [7, 11) is 4.05. The molecule has 9 heteroatoms. The highest BCUT2D eigenvalue weighted by atomic mass is 35.5. The van der Waals surface area contributed by atoms with Crippen LogP contribution in [0.25, 0.3) is 0 Å². The molecule has 1 aliphatic heterocycles. The zero-order valence-corrected chi connectivity index (χ0v) is 30.1. The fourth-order valence-corrected chi connectivity index (χ4v) is 5.31. The van der Waals surface area contributed by atoms with Crippen LogP contribution < -0.4 is 4.74 Å². The normalized spacial score (nSPS) is 16.4. The van der Waals surface area contributed by atoms with E-state index < -0.39 is 17.9 Å².